The molecule has 0 N–H and O–H groups in total. The Hall–Kier alpha value is -3.48. The summed E-state index contributed by atoms with van der Waals surface area (Å²) in [6.07, 6.45) is 2.52. The Labute approximate surface area is 192 Å². The second-order valence-electron chi connectivity index (χ2n) is 8.14. The molecule has 0 radical (unpaired) electrons. The largest absolute Gasteiger partial charge is 0.372 e. The van der Waals surface area contributed by atoms with E-state index in [0.717, 1.165) is 11.6 Å². The number of nitriles is 1. The number of allylic oxidation sites excluding steroid dienone is 1. The number of benzene rings is 1. The molecule has 170 valence electrons. The van der Waals surface area contributed by atoms with Crippen molar-refractivity contribution >= 4 is 27.4 Å². The van der Waals surface area contributed by atoms with Crippen molar-refractivity contribution in [1.29, 1.82) is 5.26 Å². The number of hydrogen-bond acceptors (Lipinski definition) is 7. The molecule has 4 rings (SSSR count). The molecule has 1 aliphatic rings. The Morgan fingerprint density at radius 2 is 1.82 bits per heavy atom. The maximum atomic E-state index is 13.5. The third-order valence-electron chi connectivity index (χ3n) is 5.51. The minimum atomic E-state index is -4.12. The second kappa shape index (κ2) is 8.81. The molecule has 0 bridgehead atoms. The summed E-state index contributed by atoms with van der Waals surface area (Å²) in [4.78, 5) is 19.7. The first-order chi connectivity index (χ1) is 15.7. The van der Waals surface area contributed by atoms with Crippen LogP contribution in [0.15, 0.2) is 63.3 Å². The number of morpholine rings is 1. The molecule has 8 nitrogen and oxygen atoms in total. The number of aromatic nitrogens is 2. The van der Waals surface area contributed by atoms with Gasteiger partial charge >= 0.3 is 0 Å². The molecule has 1 fully saturated rings. The topological polar surface area (TPSA) is 105 Å². The highest BCUT2D eigenvalue weighted by Crippen LogP contribution is 2.26. The molecule has 0 saturated carbocycles. The van der Waals surface area contributed by atoms with Crippen molar-refractivity contribution in [3.8, 4) is 6.07 Å². The van der Waals surface area contributed by atoms with Crippen LogP contribution in [0, 0.1) is 18.3 Å². The van der Waals surface area contributed by atoms with E-state index in [4.69, 9.17) is 9.72 Å². The number of pyridine rings is 1. The Kier molecular flexibility index (Phi) is 6.06. The van der Waals surface area contributed by atoms with Crippen molar-refractivity contribution in [3.05, 3.63) is 75.0 Å². The van der Waals surface area contributed by atoms with Crippen molar-refractivity contribution in [3.63, 3.8) is 0 Å². The van der Waals surface area contributed by atoms with Crippen LogP contribution in [0.25, 0.3) is 11.7 Å². The average Bonchev–Trinajstić information content (AvgIpc) is 2.78. The van der Waals surface area contributed by atoms with Crippen LogP contribution in [0.2, 0.25) is 0 Å². The molecular weight excluding hydrogens is 440 g/mol. The molecule has 33 heavy (non-hydrogen) atoms. The summed E-state index contributed by atoms with van der Waals surface area (Å²) in [6.45, 7) is 6.67. The minimum Gasteiger partial charge on any atom is -0.372 e. The molecule has 2 aromatic heterocycles. The molecule has 1 aromatic carbocycles. The fraction of sp³-hybridized carbons (Fsp3) is 0.292. The van der Waals surface area contributed by atoms with E-state index in [2.05, 4.69) is 0 Å². The Bertz CT molecular complexity index is 1430. The smallest absolute Gasteiger partial charge is 0.267 e. The summed E-state index contributed by atoms with van der Waals surface area (Å²) in [5.74, 6) is 0.340. The zero-order valence-electron chi connectivity index (χ0n) is 18.6. The van der Waals surface area contributed by atoms with Crippen molar-refractivity contribution in [2.24, 2.45) is 0 Å². The third kappa shape index (κ3) is 4.27. The predicted molar refractivity (Wildman–Crippen MR) is 126 cm³/mol. The summed E-state index contributed by atoms with van der Waals surface area (Å²) in [5, 5.41) is 9.76. The average molecular weight is 465 g/mol. The van der Waals surface area contributed by atoms with Gasteiger partial charge in [0.2, 0.25) is 9.84 Å². The van der Waals surface area contributed by atoms with Crippen LogP contribution in [0.5, 0.6) is 0 Å². The normalized spacial score (nSPS) is 19.5. The van der Waals surface area contributed by atoms with Gasteiger partial charge in [-0.1, -0.05) is 24.3 Å². The molecular formula is C24H24N4O4S. The molecule has 2 atom stereocenters. The highest BCUT2D eigenvalue weighted by molar-refractivity contribution is 7.95. The summed E-state index contributed by atoms with van der Waals surface area (Å²) in [7, 11) is -4.12. The van der Waals surface area contributed by atoms with E-state index in [1.165, 1.54) is 16.5 Å². The van der Waals surface area contributed by atoms with Crippen LogP contribution in [0.4, 0.5) is 5.82 Å². The summed E-state index contributed by atoms with van der Waals surface area (Å²) < 4.78 is 33.5. The van der Waals surface area contributed by atoms with Gasteiger partial charge in [0, 0.05) is 19.3 Å². The van der Waals surface area contributed by atoms with Gasteiger partial charge in [0.25, 0.3) is 5.56 Å². The molecule has 0 amide bonds. The van der Waals surface area contributed by atoms with Crippen molar-refractivity contribution < 1.29 is 13.2 Å². The van der Waals surface area contributed by atoms with Crippen molar-refractivity contribution in [1.82, 2.24) is 9.38 Å². The van der Waals surface area contributed by atoms with Crippen LogP contribution >= 0.6 is 0 Å². The number of ether oxygens (including phenoxy) is 1. The first kappa shape index (κ1) is 22.7. The zero-order valence-corrected chi connectivity index (χ0v) is 19.4. The Morgan fingerprint density at radius 1 is 1.15 bits per heavy atom. The molecule has 3 aromatic rings. The van der Waals surface area contributed by atoms with Crippen LogP contribution < -0.4 is 10.5 Å². The number of aryl methyl sites for hydroxylation is 1. The molecule has 0 aliphatic carbocycles. The van der Waals surface area contributed by atoms with Gasteiger partial charge in [-0.3, -0.25) is 9.20 Å². The molecule has 9 heteroatoms. The van der Waals surface area contributed by atoms with Gasteiger partial charge in [0.1, 0.15) is 22.4 Å². The summed E-state index contributed by atoms with van der Waals surface area (Å²) in [6, 6.07) is 13.0. The van der Waals surface area contributed by atoms with E-state index < -0.39 is 20.3 Å². The van der Waals surface area contributed by atoms with E-state index in [-0.39, 0.29) is 22.7 Å². The highest BCUT2D eigenvalue weighted by Gasteiger charge is 2.28. The Balaban J connectivity index is 1.99. The van der Waals surface area contributed by atoms with Crippen molar-refractivity contribution in [2.45, 2.75) is 37.9 Å². The first-order valence-electron chi connectivity index (χ1n) is 10.6. The lowest BCUT2D eigenvalue weighted by Gasteiger charge is -2.36. The molecule has 0 spiro atoms. The van der Waals surface area contributed by atoms with Crippen molar-refractivity contribution in [2.75, 3.05) is 18.0 Å². The van der Waals surface area contributed by atoms with E-state index >= 15 is 0 Å². The lowest BCUT2D eigenvalue weighted by atomic mass is 10.1. The standard InChI is InChI=1S/C24H24N4O4S/c1-16-8-7-11-28-22(16)26-23(27-14-17(2)32-18(3)15-27)21(24(28)29)12-20(13-25)33(30,31)19-9-5-4-6-10-19/h4-12,17-18H,14-15H2,1-3H3. The quantitative estimate of drug-likeness (QED) is 0.547. The van der Waals surface area contributed by atoms with Gasteiger partial charge in [0.15, 0.2) is 0 Å². The zero-order chi connectivity index (χ0) is 23.8. The van der Waals surface area contributed by atoms with Gasteiger partial charge < -0.3 is 9.64 Å². The second-order valence-corrected chi connectivity index (χ2v) is 10.1. The maximum Gasteiger partial charge on any atom is 0.267 e. The monoisotopic (exact) mass is 464 g/mol. The van der Waals surface area contributed by atoms with E-state index in [1.54, 1.807) is 36.5 Å². The fourth-order valence-corrected chi connectivity index (χ4v) is 5.21. The molecule has 1 aliphatic heterocycles. The first-order valence-corrected chi connectivity index (χ1v) is 12.0. The van der Waals surface area contributed by atoms with Gasteiger partial charge in [-0.2, -0.15) is 5.26 Å². The van der Waals surface area contributed by atoms with Crippen LogP contribution in [-0.2, 0) is 14.6 Å². The van der Waals surface area contributed by atoms with Gasteiger partial charge in [0.05, 0.1) is 22.7 Å². The minimum absolute atomic E-state index is 0.0161. The number of fused-ring (bicyclic) bond motifs is 1. The van der Waals surface area contributed by atoms with Gasteiger partial charge in [-0.15, -0.1) is 0 Å². The fourth-order valence-electron chi connectivity index (χ4n) is 4.05. The number of sulfone groups is 1. The van der Waals surface area contributed by atoms with E-state index in [9.17, 15) is 18.5 Å². The van der Waals surface area contributed by atoms with E-state index in [0.29, 0.717) is 24.6 Å². The van der Waals surface area contributed by atoms with Crippen LogP contribution in [0.1, 0.15) is 25.0 Å². The molecule has 2 unspecified atom stereocenters. The Morgan fingerprint density at radius 3 is 2.45 bits per heavy atom. The predicted octanol–water partition coefficient (Wildman–Crippen LogP) is 2.95. The number of rotatable bonds is 4. The van der Waals surface area contributed by atoms with Gasteiger partial charge in [-0.05, 0) is 50.6 Å². The van der Waals surface area contributed by atoms with Crippen LogP contribution in [-0.4, -0.2) is 43.1 Å². The number of hydrogen-bond donors (Lipinski definition) is 0. The number of anilines is 1. The lowest BCUT2D eigenvalue weighted by Crippen LogP contribution is -2.46. The maximum absolute atomic E-state index is 13.5. The summed E-state index contributed by atoms with van der Waals surface area (Å²) >= 11 is 0. The summed E-state index contributed by atoms with van der Waals surface area (Å²) in [5.41, 5.74) is 0.890. The van der Waals surface area contributed by atoms with E-state index in [1.807, 2.05) is 31.7 Å². The SMILES string of the molecule is Cc1cccn2c(=O)c(C=C(C#N)S(=O)(=O)c3ccccc3)c(N3CC(C)OC(C)C3)nc12. The van der Waals surface area contributed by atoms with Crippen LogP contribution in [0.3, 0.4) is 0 Å². The van der Waals surface area contributed by atoms with Gasteiger partial charge in [-0.25, -0.2) is 13.4 Å². The number of nitrogens with zero attached hydrogens (tertiary/aromatic N) is 4. The lowest BCUT2D eigenvalue weighted by molar-refractivity contribution is -0.00546. The third-order valence-corrected chi connectivity index (χ3v) is 7.19. The molecule has 3 heterocycles. The molecule has 1 saturated heterocycles. The highest BCUT2D eigenvalue weighted by atomic mass is 32.2.